The summed E-state index contributed by atoms with van der Waals surface area (Å²) < 4.78 is 34.8. The lowest BCUT2D eigenvalue weighted by atomic mass is 9.86. The standard InChI is InChI=1S/C21H22F2N2O4/c1-13-19(17(28)9-21(2,11-26)12-27)25-8-4-7-18(20(25)24-13)29-10-14-15(22)5-3-6-16(14)23/h3-8,26-27H,9-12H2,1-2H3. The number of benzene rings is 1. The zero-order valence-corrected chi connectivity index (χ0v) is 16.2. The number of aliphatic hydroxyl groups is 2. The lowest BCUT2D eigenvalue weighted by Gasteiger charge is -2.23. The van der Waals surface area contributed by atoms with Crippen molar-refractivity contribution in [2.75, 3.05) is 13.2 Å². The fraction of sp³-hybridized carbons (Fsp3) is 0.333. The molecule has 154 valence electrons. The number of hydrogen-bond acceptors (Lipinski definition) is 5. The number of carbonyl (C=O) groups excluding carboxylic acids is 1. The first kappa shape index (κ1) is 20.9. The quantitative estimate of drug-likeness (QED) is 0.564. The third-order valence-corrected chi connectivity index (χ3v) is 4.84. The summed E-state index contributed by atoms with van der Waals surface area (Å²) in [5, 5.41) is 18.9. The van der Waals surface area contributed by atoms with Crippen LogP contribution in [-0.2, 0) is 6.61 Å². The molecule has 0 unspecified atom stereocenters. The largest absolute Gasteiger partial charge is 0.485 e. The van der Waals surface area contributed by atoms with E-state index < -0.39 is 17.0 Å². The molecule has 3 rings (SSSR count). The summed E-state index contributed by atoms with van der Waals surface area (Å²) in [4.78, 5) is 17.2. The van der Waals surface area contributed by atoms with Gasteiger partial charge in [0.05, 0.1) is 24.5 Å². The molecule has 29 heavy (non-hydrogen) atoms. The molecule has 8 heteroatoms. The molecule has 3 aromatic rings. The van der Waals surface area contributed by atoms with Crippen molar-refractivity contribution in [3.63, 3.8) is 0 Å². The number of carbonyl (C=O) groups is 1. The van der Waals surface area contributed by atoms with E-state index in [4.69, 9.17) is 4.74 Å². The van der Waals surface area contributed by atoms with E-state index in [1.807, 2.05) is 0 Å². The average Bonchev–Trinajstić information content (AvgIpc) is 3.04. The molecule has 0 saturated heterocycles. The minimum atomic E-state index is -0.954. The second-order valence-electron chi connectivity index (χ2n) is 7.33. The number of hydrogen-bond donors (Lipinski definition) is 2. The molecule has 0 aliphatic heterocycles. The Hall–Kier alpha value is -2.84. The van der Waals surface area contributed by atoms with E-state index in [1.165, 1.54) is 6.07 Å². The van der Waals surface area contributed by atoms with Gasteiger partial charge in [-0.3, -0.25) is 9.20 Å². The van der Waals surface area contributed by atoms with Gasteiger partial charge in [0.15, 0.2) is 17.2 Å². The number of ether oxygens (including phenoxy) is 1. The Labute approximate surface area is 166 Å². The summed E-state index contributed by atoms with van der Waals surface area (Å²) in [5.74, 6) is -1.44. The van der Waals surface area contributed by atoms with Gasteiger partial charge in [0.25, 0.3) is 0 Å². The van der Waals surface area contributed by atoms with Crippen molar-refractivity contribution in [2.24, 2.45) is 5.41 Å². The van der Waals surface area contributed by atoms with Crippen molar-refractivity contribution in [3.8, 4) is 5.75 Å². The highest BCUT2D eigenvalue weighted by Gasteiger charge is 2.29. The number of Topliss-reactive ketones (excluding diaryl/α,β-unsaturated/α-hetero) is 1. The molecule has 2 N–H and O–H groups in total. The van der Waals surface area contributed by atoms with E-state index in [1.54, 1.807) is 36.6 Å². The molecule has 1 aromatic carbocycles. The van der Waals surface area contributed by atoms with Gasteiger partial charge in [-0.1, -0.05) is 13.0 Å². The van der Waals surface area contributed by atoms with Gasteiger partial charge in [-0.2, -0.15) is 0 Å². The molecule has 0 aliphatic carbocycles. The Morgan fingerprint density at radius 3 is 2.45 bits per heavy atom. The molecule has 0 amide bonds. The predicted molar refractivity (Wildman–Crippen MR) is 102 cm³/mol. The number of halogens is 2. The van der Waals surface area contributed by atoms with Crippen LogP contribution in [0.3, 0.4) is 0 Å². The minimum Gasteiger partial charge on any atom is -0.485 e. The van der Waals surface area contributed by atoms with Crippen LogP contribution in [0.5, 0.6) is 5.75 Å². The molecule has 6 nitrogen and oxygen atoms in total. The number of aromatic nitrogens is 2. The van der Waals surface area contributed by atoms with E-state index in [0.717, 1.165) is 12.1 Å². The highest BCUT2D eigenvalue weighted by atomic mass is 19.1. The van der Waals surface area contributed by atoms with Crippen molar-refractivity contribution in [1.82, 2.24) is 9.38 Å². The van der Waals surface area contributed by atoms with Crippen LogP contribution in [0.4, 0.5) is 8.78 Å². The summed E-state index contributed by atoms with van der Waals surface area (Å²) >= 11 is 0. The molecular weight excluding hydrogens is 382 g/mol. The van der Waals surface area contributed by atoms with Crippen LogP contribution in [0.2, 0.25) is 0 Å². The molecule has 0 aliphatic rings. The fourth-order valence-corrected chi connectivity index (χ4v) is 3.06. The van der Waals surface area contributed by atoms with E-state index >= 15 is 0 Å². The summed E-state index contributed by atoms with van der Waals surface area (Å²) in [6.07, 6.45) is 1.56. The molecule has 2 aromatic heterocycles. The number of aryl methyl sites for hydroxylation is 1. The van der Waals surface area contributed by atoms with Gasteiger partial charge in [-0.25, -0.2) is 13.8 Å². The number of aliphatic hydroxyl groups excluding tert-OH is 2. The molecule has 0 saturated carbocycles. The zero-order valence-electron chi connectivity index (χ0n) is 16.2. The van der Waals surface area contributed by atoms with E-state index in [9.17, 15) is 23.8 Å². The van der Waals surface area contributed by atoms with Crippen molar-refractivity contribution in [2.45, 2.75) is 26.9 Å². The van der Waals surface area contributed by atoms with Crippen molar-refractivity contribution >= 4 is 11.4 Å². The number of pyridine rings is 1. The topological polar surface area (TPSA) is 84.1 Å². The third-order valence-electron chi connectivity index (χ3n) is 4.84. The lowest BCUT2D eigenvalue weighted by Crippen LogP contribution is -2.29. The van der Waals surface area contributed by atoms with Gasteiger partial charge in [-0.15, -0.1) is 0 Å². The van der Waals surface area contributed by atoms with Gasteiger partial charge in [0.1, 0.15) is 23.9 Å². The predicted octanol–water partition coefficient (Wildman–Crippen LogP) is 3.06. The van der Waals surface area contributed by atoms with E-state index in [0.29, 0.717) is 17.0 Å². The number of fused-ring (bicyclic) bond motifs is 1. The van der Waals surface area contributed by atoms with E-state index in [-0.39, 0.29) is 43.3 Å². The normalized spacial score (nSPS) is 11.8. The molecule has 0 radical (unpaired) electrons. The number of imidazole rings is 1. The van der Waals surface area contributed by atoms with E-state index in [2.05, 4.69) is 4.98 Å². The SMILES string of the molecule is Cc1nc2c(OCc3c(F)cccc3F)cccn2c1C(=O)CC(C)(CO)CO. The molecular formula is C21H22F2N2O4. The Kier molecular flexibility index (Phi) is 5.95. The molecule has 2 heterocycles. The Morgan fingerprint density at radius 1 is 1.17 bits per heavy atom. The van der Waals surface area contributed by atoms with Crippen LogP contribution in [0, 0.1) is 24.0 Å². The summed E-state index contributed by atoms with van der Waals surface area (Å²) in [7, 11) is 0. The maximum atomic E-state index is 13.8. The smallest absolute Gasteiger partial charge is 0.182 e. The van der Waals surface area contributed by atoms with Crippen molar-refractivity contribution in [1.29, 1.82) is 0 Å². The number of rotatable bonds is 8. The van der Waals surface area contributed by atoms with Gasteiger partial charge in [-0.05, 0) is 31.2 Å². The van der Waals surface area contributed by atoms with Crippen molar-refractivity contribution in [3.05, 3.63) is 65.1 Å². The summed E-state index contributed by atoms with van der Waals surface area (Å²) in [6, 6.07) is 6.81. The second-order valence-corrected chi connectivity index (χ2v) is 7.33. The van der Waals surface area contributed by atoms with Crippen LogP contribution >= 0.6 is 0 Å². The van der Waals surface area contributed by atoms with Gasteiger partial charge >= 0.3 is 0 Å². The second kappa shape index (κ2) is 8.26. The summed E-state index contributed by atoms with van der Waals surface area (Å²) in [6.45, 7) is 2.26. The van der Waals surface area contributed by atoms with Crippen LogP contribution in [0.25, 0.3) is 5.65 Å². The third kappa shape index (κ3) is 4.13. The molecule has 0 bridgehead atoms. The Bertz CT molecular complexity index is 1020. The maximum Gasteiger partial charge on any atom is 0.182 e. The first-order chi connectivity index (χ1) is 13.8. The van der Waals surface area contributed by atoms with Gasteiger partial charge < -0.3 is 14.9 Å². The monoisotopic (exact) mass is 404 g/mol. The Balaban J connectivity index is 1.93. The van der Waals surface area contributed by atoms with Crippen molar-refractivity contribution < 1.29 is 28.5 Å². The Morgan fingerprint density at radius 2 is 1.83 bits per heavy atom. The first-order valence-electron chi connectivity index (χ1n) is 9.08. The molecule has 0 fully saturated rings. The van der Waals surface area contributed by atoms with Crippen LogP contribution in [0.15, 0.2) is 36.5 Å². The molecule has 0 atom stereocenters. The minimum absolute atomic E-state index is 0.0693. The maximum absolute atomic E-state index is 13.8. The summed E-state index contributed by atoms with van der Waals surface area (Å²) in [5.41, 5.74) is -0.0722. The number of ketones is 1. The first-order valence-corrected chi connectivity index (χ1v) is 9.08. The molecule has 0 spiro atoms. The fourth-order valence-electron chi connectivity index (χ4n) is 3.06. The lowest BCUT2D eigenvalue weighted by molar-refractivity contribution is 0.0538. The van der Waals surface area contributed by atoms with Gasteiger partial charge in [0.2, 0.25) is 0 Å². The highest BCUT2D eigenvalue weighted by molar-refractivity contribution is 5.97. The number of nitrogens with zero attached hydrogens (tertiary/aromatic N) is 2. The zero-order chi connectivity index (χ0) is 21.2. The van der Waals surface area contributed by atoms with Crippen LogP contribution < -0.4 is 4.74 Å². The highest BCUT2D eigenvalue weighted by Crippen LogP contribution is 2.27. The average molecular weight is 404 g/mol. The van der Waals surface area contributed by atoms with Crippen LogP contribution in [-0.4, -0.2) is 38.6 Å². The van der Waals surface area contributed by atoms with Crippen LogP contribution in [0.1, 0.15) is 35.1 Å². The van der Waals surface area contributed by atoms with Gasteiger partial charge in [0, 0.05) is 18.0 Å².